The fourth-order valence-corrected chi connectivity index (χ4v) is 3.58. The number of nitrogens with zero attached hydrogens (tertiary/aromatic N) is 3. The van der Waals surface area contributed by atoms with Crippen molar-refractivity contribution in [3.63, 3.8) is 0 Å². The van der Waals surface area contributed by atoms with Gasteiger partial charge in [0.2, 0.25) is 0 Å². The van der Waals surface area contributed by atoms with Crippen molar-refractivity contribution in [1.29, 1.82) is 0 Å². The largest absolute Gasteiger partial charge is 0.356 e. The van der Waals surface area contributed by atoms with E-state index in [4.69, 9.17) is 16.7 Å². The monoisotopic (exact) mass is 381 g/mol. The van der Waals surface area contributed by atoms with Crippen LogP contribution in [0.15, 0.2) is 36.7 Å². The molecular weight excluding hydrogens is 362 g/mol. The molecule has 1 saturated heterocycles. The van der Waals surface area contributed by atoms with Gasteiger partial charge in [0.05, 0.1) is 5.69 Å². The highest BCUT2D eigenvalue weighted by molar-refractivity contribution is 7.87. The molecule has 3 rings (SSSR count). The molecule has 134 valence electrons. The number of piperidine rings is 1. The van der Waals surface area contributed by atoms with Crippen molar-refractivity contribution in [1.82, 2.24) is 14.7 Å². The fraction of sp³-hybridized carbons (Fsp3) is 0.375. The number of halogens is 1. The quantitative estimate of drug-likeness (QED) is 0.822. The lowest BCUT2D eigenvalue weighted by atomic mass is 9.97. The van der Waals surface area contributed by atoms with E-state index in [9.17, 15) is 8.42 Å². The van der Waals surface area contributed by atoms with Gasteiger partial charge in [-0.05, 0) is 30.9 Å². The highest BCUT2D eigenvalue weighted by atomic mass is 35.5. The van der Waals surface area contributed by atoms with E-state index in [0.29, 0.717) is 11.6 Å². The van der Waals surface area contributed by atoms with Gasteiger partial charge in [-0.15, -0.1) is 0 Å². The molecule has 0 atom stereocenters. The lowest BCUT2D eigenvalue weighted by molar-refractivity contribution is 0.400. The fourth-order valence-electron chi connectivity index (χ4n) is 2.93. The standard InChI is InChI=1S/C16H20ClN5O2S/c17-14-3-1-2-13(8-14)15-9-16(20-11-19-15)22-6-4-12(5-7-22)10-21-25(18,23)24/h1-3,8-9,11-12,21H,4-7,10H2,(H2,18,23,24). The topological polar surface area (TPSA) is 101 Å². The predicted octanol–water partition coefficient (Wildman–Crippen LogP) is 1.81. The third-order valence-electron chi connectivity index (χ3n) is 4.28. The van der Waals surface area contributed by atoms with Gasteiger partial charge in [0.25, 0.3) is 10.2 Å². The lowest BCUT2D eigenvalue weighted by Gasteiger charge is -2.32. The molecule has 0 spiro atoms. The normalized spacial score (nSPS) is 16.2. The molecule has 1 aromatic heterocycles. The highest BCUT2D eigenvalue weighted by Gasteiger charge is 2.21. The first-order chi connectivity index (χ1) is 11.9. The Labute approximate surface area is 152 Å². The Morgan fingerprint density at radius 2 is 2.00 bits per heavy atom. The smallest absolute Gasteiger partial charge is 0.274 e. The molecule has 0 amide bonds. The van der Waals surface area contributed by atoms with Crippen LogP contribution in [0.2, 0.25) is 5.02 Å². The minimum atomic E-state index is -3.62. The molecule has 0 bridgehead atoms. The van der Waals surface area contributed by atoms with Gasteiger partial charge >= 0.3 is 0 Å². The summed E-state index contributed by atoms with van der Waals surface area (Å²) in [6.45, 7) is 2.00. The van der Waals surface area contributed by atoms with Crippen LogP contribution in [0.25, 0.3) is 11.3 Å². The van der Waals surface area contributed by atoms with Gasteiger partial charge in [-0.2, -0.15) is 8.42 Å². The second-order valence-electron chi connectivity index (χ2n) is 6.10. The molecule has 1 aliphatic rings. The van der Waals surface area contributed by atoms with Crippen molar-refractivity contribution in [3.05, 3.63) is 41.7 Å². The van der Waals surface area contributed by atoms with Crippen LogP contribution in [0.3, 0.4) is 0 Å². The molecule has 7 nitrogen and oxygen atoms in total. The molecule has 1 aromatic carbocycles. The van der Waals surface area contributed by atoms with Crippen LogP contribution in [0.5, 0.6) is 0 Å². The van der Waals surface area contributed by atoms with E-state index < -0.39 is 10.2 Å². The molecule has 2 aromatic rings. The number of nitrogens with two attached hydrogens (primary N) is 1. The maximum Gasteiger partial charge on any atom is 0.274 e. The number of nitrogens with one attached hydrogen (secondary N) is 1. The number of anilines is 1. The summed E-state index contributed by atoms with van der Waals surface area (Å²) in [5, 5.41) is 5.65. The third kappa shape index (κ3) is 5.12. The summed E-state index contributed by atoms with van der Waals surface area (Å²) in [6, 6.07) is 9.51. The van der Waals surface area contributed by atoms with Gasteiger partial charge in [-0.25, -0.2) is 19.8 Å². The van der Waals surface area contributed by atoms with E-state index in [1.54, 1.807) is 6.33 Å². The number of hydrogen-bond acceptors (Lipinski definition) is 5. The van der Waals surface area contributed by atoms with Crippen LogP contribution in [0, 0.1) is 5.92 Å². The number of rotatable bonds is 5. The maximum absolute atomic E-state index is 11.0. The van der Waals surface area contributed by atoms with Gasteiger partial charge in [0, 0.05) is 36.3 Å². The van der Waals surface area contributed by atoms with Crippen molar-refractivity contribution in [2.24, 2.45) is 11.1 Å². The molecule has 1 fully saturated rings. The second kappa shape index (κ2) is 7.65. The minimum absolute atomic E-state index is 0.281. The average molecular weight is 382 g/mol. The molecule has 9 heteroatoms. The van der Waals surface area contributed by atoms with Crippen molar-refractivity contribution in [2.75, 3.05) is 24.5 Å². The van der Waals surface area contributed by atoms with Crippen LogP contribution in [-0.2, 0) is 10.2 Å². The first-order valence-electron chi connectivity index (χ1n) is 8.01. The molecule has 0 saturated carbocycles. The van der Waals surface area contributed by atoms with E-state index in [-0.39, 0.29) is 5.92 Å². The Hall–Kier alpha value is -1.74. The van der Waals surface area contributed by atoms with Crippen LogP contribution in [-0.4, -0.2) is 38.0 Å². The maximum atomic E-state index is 11.0. The SMILES string of the molecule is NS(=O)(=O)NCC1CCN(c2cc(-c3cccc(Cl)c3)ncn2)CC1. The Bertz CT molecular complexity index is 838. The van der Waals surface area contributed by atoms with Crippen LogP contribution >= 0.6 is 11.6 Å². The Balaban J connectivity index is 1.65. The number of aromatic nitrogens is 2. The van der Waals surface area contributed by atoms with Gasteiger partial charge in [-0.1, -0.05) is 23.7 Å². The molecule has 0 aliphatic carbocycles. The Kier molecular flexibility index (Phi) is 5.53. The summed E-state index contributed by atoms with van der Waals surface area (Å²) in [6.07, 6.45) is 3.30. The van der Waals surface area contributed by atoms with Gasteiger partial charge < -0.3 is 4.90 Å². The third-order valence-corrected chi connectivity index (χ3v) is 5.09. The lowest BCUT2D eigenvalue weighted by Crippen LogP contribution is -2.40. The molecule has 25 heavy (non-hydrogen) atoms. The van der Waals surface area contributed by atoms with Gasteiger partial charge in [0.1, 0.15) is 12.1 Å². The zero-order chi connectivity index (χ0) is 17.9. The van der Waals surface area contributed by atoms with Crippen molar-refractivity contribution in [2.45, 2.75) is 12.8 Å². The minimum Gasteiger partial charge on any atom is -0.356 e. The molecule has 2 heterocycles. The van der Waals surface area contributed by atoms with Crippen molar-refractivity contribution < 1.29 is 8.42 Å². The Morgan fingerprint density at radius 1 is 1.24 bits per heavy atom. The zero-order valence-corrected chi connectivity index (χ0v) is 15.2. The first kappa shape index (κ1) is 18.1. The van der Waals surface area contributed by atoms with Crippen molar-refractivity contribution >= 4 is 27.6 Å². The van der Waals surface area contributed by atoms with Crippen LogP contribution < -0.4 is 14.8 Å². The van der Waals surface area contributed by atoms with E-state index in [1.165, 1.54) is 0 Å². The van der Waals surface area contributed by atoms with E-state index in [2.05, 4.69) is 19.6 Å². The zero-order valence-electron chi connectivity index (χ0n) is 13.6. The number of hydrogen-bond donors (Lipinski definition) is 2. The van der Waals surface area contributed by atoms with E-state index in [0.717, 1.165) is 43.0 Å². The summed E-state index contributed by atoms with van der Waals surface area (Å²) in [5.74, 6) is 1.15. The summed E-state index contributed by atoms with van der Waals surface area (Å²) in [5.41, 5.74) is 1.77. The molecule has 1 aliphatic heterocycles. The van der Waals surface area contributed by atoms with Crippen LogP contribution in [0.4, 0.5) is 5.82 Å². The first-order valence-corrected chi connectivity index (χ1v) is 9.93. The average Bonchev–Trinajstić information content (AvgIpc) is 2.60. The Morgan fingerprint density at radius 3 is 2.68 bits per heavy atom. The second-order valence-corrected chi connectivity index (χ2v) is 7.91. The highest BCUT2D eigenvalue weighted by Crippen LogP contribution is 2.26. The van der Waals surface area contributed by atoms with Gasteiger partial charge in [-0.3, -0.25) is 0 Å². The molecule has 3 N–H and O–H groups in total. The summed E-state index contributed by atoms with van der Waals surface area (Å²) >= 11 is 6.05. The van der Waals surface area contributed by atoms with E-state index >= 15 is 0 Å². The summed E-state index contributed by atoms with van der Waals surface area (Å²) in [4.78, 5) is 10.9. The molecule has 0 unspecified atom stereocenters. The van der Waals surface area contributed by atoms with Crippen LogP contribution in [0.1, 0.15) is 12.8 Å². The van der Waals surface area contributed by atoms with Crippen molar-refractivity contribution in [3.8, 4) is 11.3 Å². The molecule has 0 radical (unpaired) electrons. The predicted molar refractivity (Wildman–Crippen MR) is 98.5 cm³/mol. The molecular formula is C16H20ClN5O2S. The summed E-state index contributed by atoms with van der Waals surface area (Å²) in [7, 11) is -3.62. The van der Waals surface area contributed by atoms with Gasteiger partial charge in [0.15, 0.2) is 0 Å². The summed E-state index contributed by atoms with van der Waals surface area (Å²) < 4.78 is 24.3. The van der Waals surface area contributed by atoms with E-state index in [1.807, 2.05) is 30.3 Å². The number of benzene rings is 1.